The van der Waals surface area contributed by atoms with E-state index in [4.69, 9.17) is 14.9 Å². The molecule has 6 nitrogen and oxygen atoms in total. The molecule has 178 valence electrons. The van der Waals surface area contributed by atoms with E-state index in [0.717, 1.165) is 38.8 Å². The Balaban J connectivity index is 1.73. The average molecular weight is 461 g/mol. The van der Waals surface area contributed by atoms with Gasteiger partial charge in [0.2, 0.25) is 11.8 Å². The molecule has 2 N–H and O–H groups in total. The summed E-state index contributed by atoms with van der Waals surface area (Å²) in [5, 5.41) is 0.989. The molecule has 6 heteroatoms. The van der Waals surface area contributed by atoms with Crippen LogP contribution in [0.4, 0.5) is 0 Å². The van der Waals surface area contributed by atoms with E-state index in [9.17, 15) is 9.59 Å². The van der Waals surface area contributed by atoms with Gasteiger partial charge in [0, 0.05) is 47.2 Å². The summed E-state index contributed by atoms with van der Waals surface area (Å²) in [6.07, 6.45) is 4.67. The Hall–Kier alpha value is -3.54. The SMILES string of the molecule is COc1c(/C(C)=C/C(=O)N2CCC(C(N)=O)CC2)cc2c(-c3ccc(C)cc3C)coc2c1C. The van der Waals surface area contributed by atoms with Gasteiger partial charge >= 0.3 is 0 Å². The summed E-state index contributed by atoms with van der Waals surface area (Å²) in [5.41, 5.74) is 13.3. The van der Waals surface area contributed by atoms with Crippen LogP contribution in [0.25, 0.3) is 27.7 Å². The highest BCUT2D eigenvalue weighted by Crippen LogP contribution is 2.41. The molecule has 1 aliphatic heterocycles. The highest BCUT2D eigenvalue weighted by Gasteiger charge is 2.26. The maximum Gasteiger partial charge on any atom is 0.246 e. The summed E-state index contributed by atoms with van der Waals surface area (Å²) in [6, 6.07) is 8.44. The predicted molar refractivity (Wildman–Crippen MR) is 135 cm³/mol. The first-order valence-corrected chi connectivity index (χ1v) is 11.6. The predicted octanol–water partition coefficient (Wildman–Crippen LogP) is 5.16. The molecule has 1 aromatic heterocycles. The molecule has 0 bridgehead atoms. The number of hydrogen-bond acceptors (Lipinski definition) is 4. The third kappa shape index (κ3) is 4.32. The van der Waals surface area contributed by atoms with Gasteiger partial charge in [-0.2, -0.15) is 0 Å². The molecule has 0 saturated carbocycles. The number of rotatable bonds is 5. The number of amides is 2. The van der Waals surface area contributed by atoms with Gasteiger partial charge in [-0.05, 0) is 63.3 Å². The third-order valence-electron chi connectivity index (χ3n) is 6.89. The van der Waals surface area contributed by atoms with Crippen LogP contribution >= 0.6 is 0 Å². The van der Waals surface area contributed by atoms with Crippen LogP contribution in [-0.2, 0) is 9.59 Å². The van der Waals surface area contributed by atoms with Crippen molar-refractivity contribution >= 4 is 28.4 Å². The molecule has 1 aliphatic rings. The van der Waals surface area contributed by atoms with Crippen LogP contribution in [0.5, 0.6) is 5.75 Å². The number of piperidine rings is 1. The van der Waals surface area contributed by atoms with Gasteiger partial charge in [-0.1, -0.05) is 23.8 Å². The van der Waals surface area contributed by atoms with Gasteiger partial charge in [-0.3, -0.25) is 9.59 Å². The zero-order valence-corrected chi connectivity index (χ0v) is 20.5. The lowest BCUT2D eigenvalue weighted by atomic mass is 9.94. The molecule has 4 rings (SSSR count). The molecule has 0 radical (unpaired) electrons. The number of aryl methyl sites for hydroxylation is 3. The number of primary amides is 1. The Morgan fingerprint density at radius 3 is 2.44 bits per heavy atom. The van der Waals surface area contributed by atoms with Crippen molar-refractivity contribution in [1.29, 1.82) is 0 Å². The number of benzene rings is 2. The van der Waals surface area contributed by atoms with Crippen molar-refractivity contribution in [2.45, 2.75) is 40.5 Å². The number of nitrogens with zero attached hydrogens (tertiary/aromatic N) is 1. The van der Waals surface area contributed by atoms with Crippen molar-refractivity contribution in [1.82, 2.24) is 4.90 Å². The summed E-state index contributed by atoms with van der Waals surface area (Å²) in [5.74, 6) is 0.195. The molecule has 3 aromatic rings. The lowest BCUT2D eigenvalue weighted by Gasteiger charge is -2.30. The van der Waals surface area contributed by atoms with Crippen LogP contribution in [0, 0.1) is 26.7 Å². The molecule has 1 saturated heterocycles. The van der Waals surface area contributed by atoms with Gasteiger partial charge in [0.25, 0.3) is 0 Å². The van der Waals surface area contributed by atoms with Crippen LogP contribution in [0.3, 0.4) is 0 Å². The van der Waals surface area contributed by atoms with E-state index < -0.39 is 0 Å². The van der Waals surface area contributed by atoms with Gasteiger partial charge in [0.05, 0.1) is 13.4 Å². The molecule has 0 atom stereocenters. The number of nitrogens with two attached hydrogens (primary N) is 1. The van der Waals surface area contributed by atoms with E-state index in [1.54, 1.807) is 24.3 Å². The summed E-state index contributed by atoms with van der Waals surface area (Å²) in [6.45, 7) is 9.15. The molecular formula is C28H32N2O4. The minimum absolute atomic E-state index is 0.0676. The fourth-order valence-electron chi connectivity index (χ4n) is 4.93. The summed E-state index contributed by atoms with van der Waals surface area (Å²) < 4.78 is 11.7. The standard InChI is InChI=1S/C28H32N2O4/c1-16-6-7-21(17(2)12-16)24-15-34-27-19(4)26(33-5)22(14-23(24)27)18(3)13-25(31)30-10-8-20(9-11-30)28(29)32/h6-7,12-15,20H,8-11H2,1-5H3,(H2,29,32)/b18-13+. The fourth-order valence-corrected chi connectivity index (χ4v) is 4.93. The maximum absolute atomic E-state index is 13.0. The number of likely N-dealkylation sites (tertiary alicyclic amines) is 1. The monoisotopic (exact) mass is 460 g/mol. The van der Waals surface area contributed by atoms with Crippen LogP contribution in [0.1, 0.15) is 42.0 Å². The molecule has 1 fully saturated rings. The Bertz CT molecular complexity index is 1290. The first-order chi connectivity index (χ1) is 16.2. The molecular weight excluding hydrogens is 428 g/mol. The lowest BCUT2D eigenvalue weighted by molar-refractivity contribution is -0.130. The normalized spacial score (nSPS) is 15.1. The van der Waals surface area contributed by atoms with Crippen LogP contribution < -0.4 is 10.5 Å². The summed E-state index contributed by atoms with van der Waals surface area (Å²) >= 11 is 0. The van der Waals surface area contributed by atoms with E-state index in [2.05, 4.69) is 38.1 Å². The van der Waals surface area contributed by atoms with Crippen molar-refractivity contribution in [3.8, 4) is 16.9 Å². The number of carbonyl (C=O) groups is 2. The van der Waals surface area contributed by atoms with Crippen molar-refractivity contribution in [2.75, 3.05) is 20.2 Å². The van der Waals surface area contributed by atoms with Gasteiger partial charge in [-0.25, -0.2) is 0 Å². The average Bonchev–Trinajstić information content (AvgIpc) is 3.23. The second kappa shape index (κ2) is 9.37. The number of furan rings is 1. The zero-order valence-electron chi connectivity index (χ0n) is 20.5. The maximum atomic E-state index is 13.0. The van der Waals surface area contributed by atoms with Crippen molar-refractivity contribution < 1.29 is 18.7 Å². The summed E-state index contributed by atoms with van der Waals surface area (Å²) in [4.78, 5) is 26.2. The van der Waals surface area contributed by atoms with Gasteiger partial charge < -0.3 is 19.8 Å². The van der Waals surface area contributed by atoms with E-state index in [0.29, 0.717) is 31.7 Å². The number of fused-ring (bicyclic) bond motifs is 1. The molecule has 2 heterocycles. The first kappa shape index (κ1) is 23.6. The highest BCUT2D eigenvalue weighted by atomic mass is 16.5. The van der Waals surface area contributed by atoms with Crippen molar-refractivity contribution in [3.05, 3.63) is 58.9 Å². The van der Waals surface area contributed by atoms with Crippen LogP contribution in [0.15, 0.2) is 41.0 Å². The smallest absolute Gasteiger partial charge is 0.246 e. The molecule has 0 spiro atoms. The van der Waals surface area contributed by atoms with E-state index in [1.807, 2.05) is 13.8 Å². The third-order valence-corrected chi connectivity index (χ3v) is 6.89. The Morgan fingerprint density at radius 2 is 1.82 bits per heavy atom. The second-order valence-electron chi connectivity index (χ2n) is 9.26. The van der Waals surface area contributed by atoms with Crippen molar-refractivity contribution in [2.24, 2.45) is 11.7 Å². The van der Waals surface area contributed by atoms with Gasteiger partial charge in [0.1, 0.15) is 11.3 Å². The van der Waals surface area contributed by atoms with Gasteiger partial charge in [0.15, 0.2) is 0 Å². The second-order valence-corrected chi connectivity index (χ2v) is 9.26. The van der Waals surface area contributed by atoms with E-state index in [-0.39, 0.29) is 17.7 Å². The number of hydrogen-bond donors (Lipinski definition) is 1. The quantitative estimate of drug-likeness (QED) is 0.533. The molecule has 2 amide bonds. The first-order valence-electron chi connectivity index (χ1n) is 11.6. The van der Waals surface area contributed by atoms with Crippen molar-refractivity contribution in [3.63, 3.8) is 0 Å². The Kier molecular flexibility index (Phi) is 6.51. The number of ether oxygens (including phenoxy) is 1. The number of carbonyl (C=O) groups excluding carboxylic acids is 2. The molecule has 34 heavy (non-hydrogen) atoms. The molecule has 0 aliphatic carbocycles. The zero-order chi connectivity index (χ0) is 24.6. The largest absolute Gasteiger partial charge is 0.496 e. The van der Waals surface area contributed by atoms with Crippen LogP contribution in [-0.4, -0.2) is 36.9 Å². The minimum Gasteiger partial charge on any atom is -0.496 e. The van der Waals surface area contributed by atoms with E-state index in [1.165, 1.54) is 11.1 Å². The Morgan fingerprint density at radius 1 is 1.12 bits per heavy atom. The minimum atomic E-state index is -0.285. The Labute approximate surface area is 200 Å². The number of allylic oxidation sites excluding steroid dienone is 1. The number of methoxy groups -OCH3 is 1. The molecule has 2 aromatic carbocycles. The highest BCUT2D eigenvalue weighted by molar-refractivity contribution is 6.02. The van der Waals surface area contributed by atoms with Crippen LogP contribution in [0.2, 0.25) is 0 Å². The summed E-state index contributed by atoms with van der Waals surface area (Å²) in [7, 11) is 1.63. The van der Waals surface area contributed by atoms with E-state index >= 15 is 0 Å². The lowest BCUT2D eigenvalue weighted by Crippen LogP contribution is -2.41. The topological polar surface area (TPSA) is 85.8 Å². The fraction of sp³-hybridized carbons (Fsp3) is 0.357. The van der Waals surface area contributed by atoms with Gasteiger partial charge in [-0.15, -0.1) is 0 Å². The molecule has 0 unspecified atom stereocenters.